The van der Waals surface area contributed by atoms with Crippen molar-refractivity contribution in [2.24, 2.45) is 4.99 Å². The van der Waals surface area contributed by atoms with Gasteiger partial charge in [0, 0.05) is 10.5 Å². The Labute approximate surface area is 159 Å². The Morgan fingerprint density at radius 1 is 0.846 bits per heavy atom. The monoisotopic (exact) mass is 359 g/mol. The van der Waals surface area contributed by atoms with Crippen molar-refractivity contribution in [3.63, 3.8) is 0 Å². The molecule has 0 bridgehead atoms. The van der Waals surface area contributed by atoms with E-state index >= 15 is 0 Å². The van der Waals surface area contributed by atoms with Crippen LogP contribution >= 0.6 is 11.8 Å². The van der Waals surface area contributed by atoms with E-state index in [2.05, 4.69) is 31.2 Å². The van der Waals surface area contributed by atoms with Crippen molar-refractivity contribution in [1.82, 2.24) is 0 Å². The maximum atomic E-state index is 5.80. The second-order valence-electron chi connectivity index (χ2n) is 5.85. The molecule has 2 nitrogen and oxygen atoms in total. The first kappa shape index (κ1) is 18.0. The Kier molecular flexibility index (Phi) is 6.29. The van der Waals surface area contributed by atoms with Gasteiger partial charge in [-0.15, -0.1) is 0 Å². The summed E-state index contributed by atoms with van der Waals surface area (Å²) in [7, 11) is 0. The lowest BCUT2D eigenvalue weighted by molar-refractivity contribution is 0.478. The molecule has 0 radical (unpaired) electrons. The molecule has 26 heavy (non-hydrogen) atoms. The molecule has 0 saturated heterocycles. The molecular weight excluding hydrogens is 338 g/mol. The highest BCUT2D eigenvalue weighted by Crippen LogP contribution is 2.29. The summed E-state index contributed by atoms with van der Waals surface area (Å²) in [6.07, 6.45) is 1.77. The van der Waals surface area contributed by atoms with Crippen molar-refractivity contribution in [2.75, 3.05) is 0 Å². The van der Waals surface area contributed by atoms with Crippen LogP contribution in [0.25, 0.3) is 0 Å². The van der Waals surface area contributed by atoms with Gasteiger partial charge in [-0.25, -0.2) is 4.99 Å². The highest BCUT2D eigenvalue weighted by Gasteiger charge is 2.09. The van der Waals surface area contributed by atoms with Crippen LogP contribution in [0.4, 0.5) is 5.69 Å². The van der Waals surface area contributed by atoms with E-state index in [9.17, 15) is 0 Å². The molecule has 0 aliphatic rings. The second-order valence-corrected chi connectivity index (χ2v) is 6.88. The normalized spacial score (nSPS) is 12.1. The summed E-state index contributed by atoms with van der Waals surface area (Å²) < 4.78 is 5.80. The number of rotatable bonds is 5. The molecule has 0 unspecified atom stereocenters. The van der Waals surface area contributed by atoms with Crippen LogP contribution in [0.1, 0.15) is 12.5 Å². The highest BCUT2D eigenvalue weighted by molar-refractivity contribution is 8.14. The fraction of sp³-hybridized carbons (Fsp3) is 0.0870. The Hall–Kier alpha value is -2.78. The SMILES string of the molecule is CC(=C\Oc1ccccc1)/C(=N\c1ccccc1)Sc1ccccc1C. The zero-order chi connectivity index (χ0) is 18.2. The molecule has 0 spiro atoms. The summed E-state index contributed by atoms with van der Waals surface area (Å²) in [5, 5.41) is 0.918. The van der Waals surface area contributed by atoms with Crippen LogP contribution in [0.2, 0.25) is 0 Å². The van der Waals surface area contributed by atoms with Crippen molar-refractivity contribution >= 4 is 22.5 Å². The minimum absolute atomic E-state index is 0.812. The largest absolute Gasteiger partial charge is 0.465 e. The zero-order valence-electron chi connectivity index (χ0n) is 14.9. The summed E-state index contributed by atoms with van der Waals surface area (Å²) in [5.41, 5.74) is 3.14. The van der Waals surface area contributed by atoms with E-state index in [0.717, 1.165) is 22.1 Å². The predicted octanol–water partition coefficient (Wildman–Crippen LogP) is 6.80. The number of nitrogens with zero attached hydrogens (tertiary/aromatic N) is 1. The lowest BCUT2D eigenvalue weighted by atomic mass is 10.2. The maximum Gasteiger partial charge on any atom is 0.126 e. The van der Waals surface area contributed by atoms with E-state index in [1.54, 1.807) is 18.0 Å². The molecule has 0 aliphatic carbocycles. The zero-order valence-corrected chi connectivity index (χ0v) is 15.7. The van der Waals surface area contributed by atoms with E-state index in [1.165, 1.54) is 10.5 Å². The Bertz CT molecular complexity index is 902. The fourth-order valence-corrected chi connectivity index (χ4v) is 3.24. The topological polar surface area (TPSA) is 21.6 Å². The average Bonchev–Trinajstić information content (AvgIpc) is 2.69. The average molecular weight is 359 g/mol. The number of hydrogen-bond donors (Lipinski definition) is 0. The first-order chi connectivity index (χ1) is 12.7. The molecule has 0 heterocycles. The number of ether oxygens (including phenoxy) is 1. The van der Waals surface area contributed by atoms with Gasteiger partial charge in [-0.1, -0.05) is 66.4 Å². The molecule has 3 heteroatoms. The number of aliphatic imine (C=N–C) groups is 1. The van der Waals surface area contributed by atoms with Crippen LogP contribution in [0.3, 0.4) is 0 Å². The molecular formula is C23H21NOS. The van der Waals surface area contributed by atoms with Crippen LogP contribution in [0, 0.1) is 6.92 Å². The Morgan fingerprint density at radius 3 is 2.15 bits per heavy atom. The standard InChI is InChI=1S/C23H21NOS/c1-18-11-9-10-16-22(18)26-23(24-20-12-5-3-6-13-20)19(2)17-25-21-14-7-4-8-15-21/h3-17H,1-2H3/b19-17+,24-23+. The first-order valence-corrected chi connectivity index (χ1v) is 9.30. The summed E-state index contributed by atoms with van der Waals surface area (Å²) >= 11 is 1.66. The molecule has 0 amide bonds. The summed E-state index contributed by atoms with van der Waals surface area (Å²) in [6.45, 7) is 4.14. The van der Waals surface area contributed by atoms with E-state index < -0.39 is 0 Å². The Balaban J connectivity index is 1.89. The van der Waals surface area contributed by atoms with Crippen molar-refractivity contribution < 1.29 is 4.74 Å². The quantitative estimate of drug-likeness (QED) is 0.216. The van der Waals surface area contributed by atoms with Gasteiger partial charge in [0.2, 0.25) is 0 Å². The molecule has 0 N–H and O–H groups in total. The third kappa shape index (κ3) is 5.11. The summed E-state index contributed by atoms with van der Waals surface area (Å²) in [5.74, 6) is 0.812. The number of hydrogen-bond acceptors (Lipinski definition) is 3. The smallest absolute Gasteiger partial charge is 0.126 e. The number of para-hydroxylation sites is 2. The van der Waals surface area contributed by atoms with Gasteiger partial charge in [0.05, 0.1) is 11.9 Å². The highest BCUT2D eigenvalue weighted by atomic mass is 32.2. The van der Waals surface area contributed by atoms with Crippen LogP contribution in [-0.2, 0) is 0 Å². The minimum Gasteiger partial charge on any atom is -0.465 e. The van der Waals surface area contributed by atoms with Crippen molar-refractivity contribution in [3.05, 3.63) is 102 Å². The summed E-state index contributed by atoms with van der Waals surface area (Å²) in [6, 6.07) is 28.1. The van der Waals surface area contributed by atoms with Gasteiger partial charge in [-0.2, -0.15) is 0 Å². The molecule has 0 aromatic heterocycles. The van der Waals surface area contributed by atoms with Gasteiger partial charge in [-0.05, 0) is 49.7 Å². The van der Waals surface area contributed by atoms with Gasteiger partial charge in [-0.3, -0.25) is 0 Å². The predicted molar refractivity (Wildman–Crippen MR) is 111 cm³/mol. The molecule has 3 rings (SSSR count). The lowest BCUT2D eigenvalue weighted by Gasteiger charge is -2.10. The van der Waals surface area contributed by atoms with Crippen molar-refractivity contribution in [3.8, 4) is 5.75 Å². The van der Waals surface area contributed by atoms with Gasteiger partial charge in [0.15, 0.2) is 0 Å². The molecule has 0 fully saturated rings. The fourth-order valence-electron chi connectivity index (χ4n) is 2.29. The molecule has 0 saturated carbocycles. The van der Waals surface area contributed by atoms with Gasteiger partial charge in [0.25, 0.3) is 0 Å². The second kappa shape index (κ2) is 9.07. The molecule has 0 aliphatic heterocycles. The number of thioether (sulfide) groups is 1. The number of benzene rings is 3. The third-order valence-electron chi connectivity index (χ3n) is 3.74. The third-order valence-corrected chi connectivity index (χ3v) is 5.02. The van der Waals surface area contributed by atoms with E-state index in [1.807, 2.05) is 67.6 Å². The molecule has 130 valence electrons. The van der Waals surface area contributed by atoms with Crippen molar-refractivity contribution in [1.29, 1.82) is 0 Å². The maximum absolute atomic E-state index is 5.80. The minimum atomic E-state index is 0.812. The van der Waals surface area contributed by atoms with Gasteiger partial charge < -0.3 is 4.74 Å². The van der Waals surface area contributed by atoms with E-state index in [4.69, 9.17) is 9.73 Å². The van der Waals surface area contributed by atoms with Crippen LogP contribution in [-0.4, -0.2) is 5.04 Å². The first-order valence-electron chi connectivity index (χ1n) is 8.48. The molecule has 3 aromatic carbocycles. The van der Waals surface area contributed by atoms with Crippen LogP contribution in [0.5, 0.6) is 5.75 Å². The van der Waals surface area contributed by atoms with Gasteiger partial charge in [0.1, 0.15) is 10.8 Å². The van der Waals surface area contributed by atoms with Crippen molar-refractivity contribution in [2.45, 2.75) is 18.7 Å². The Morgan fingerprint density at radius 2 is 1.46 bits per heavy atom. The molecule has 0 atom stereocenters. The lowest BCUT2D eigenvalue weighted by Crippen LogP contribution is -1.98. The van der Waals surface area contributed by atoms with E-state index in [0.29, 0.717) is 0 Å². The van der Waals surface area contributed by atoms with Gasteiger partial charge >= 0.3 is 0 Å². The molecule has 3 aromatic rings. The van der Waals surface area contributed by atoms with E-state index in [-0.39, 0.29) is 0 Å². The number of aryl methyl sites for hydroxylation is 1. The van der Waals surface area contributed by atoms with Crippen LogP contribution in [0.15, 0.2) is 107 Å². The summed E-state index contributed by atoms with van der Waals surface area (Å²) in [4.78, 5) is 6.03. The van der Waals surface area contributed by atoms with Crippen LogP contribution < -0.4 is 4.74 Å².